The van der Waals surface area contributed by atoms with Gasteiger partial charge in [-0.3, -0.25) is 0 Å². The van der Waals surface area contributed by atoms with Gasteiger partial charge >= 0.3 is 0 Å². The summed E-state index contributed by atoms with van der Waals surface area (Å²) in [7, 11) is 9.44. The molecule has 0 saturated heterocycles. The minimum Gasteiger partial charge on any atom is -1.00 e. The molecule has 0 aromatic heterocycles. The molecule has 0 bridgehead atoms. The maximum Gasteiger partial charge on any atom is 0.127 e. The molecule has 4 aromatic carbocycles. The molecule has 0 spiro atoms. The van der Waals surface area contributed by atoms with Crippen molar-refractivity contribution < 1.29 is 52.4 Å². The standard InChI is InChI=1S/C42H62N2O2.2BrH/c1-7-9-11-17-29-43(3,4)31-19-33-45-39-27-25-35-21-13-15-23-37(35)41(39)42-38-24-16-14-22-36(38)26-28-40(42)46-34-20-32-44(5,6)30-18-12-10-8-2;;/h13-16,21-28H,7-12,17-20,29-34H2,1-6H3;2*1H/q+2;;/p-2. The first kappa shape index (κ1) is 42.0. The summed E-state index contributed by atoms with van der Waals surface area (Å²) in [5, 5.41) is 4.85. The minimum atomic E-state index is 0. The van der Waals surface area contributed by atoms with Gasteiger partial charge in [-0.2, -0.15) is 0 Å². The first-order valence-corrected chi connectivity index (χ1v) is 18.2. The average Bonchev–Trinajstić information content (AvgIpc) is 3.05. The third-order valence-electron chi connectivity index (χ3n) is 9.60. The molecule has 0 unspecified atom stereocenters. The first-order valence-electron chi connectivity index (χ1n) is 18.2. The number of quaternary nitrogens is 2. The highest BCUT2D eigenvalue weighted by atomic mass is 79.9. The van der Waals surface area contributed by atoms with Gasteiger partial charge in [-0.25, -0.2) is 0 Å². The summed E-state index contributed by atoms with van der Waals surface area (Å²) in [6, 6.07) is 26.1. The van der Waals surface area contributed by atoms with Gasteiger partial charge in [0.1, 0.15) is 11.5 Å². The molecule has 48 heavy (non-hydrogen) atoms. The van der Waals surface area contributed by atoms with Crippen LogP contribution in [0.3, 0.4) is 0 Å². The van der Waals surface area contributed by atoms with Crippen LogP contribution in [-0.2, 0) is 0 Å². The number of hydrogen-bond acceptors (Lipinski definition) is 2. The van der Waals surface area contributed by atoms with Crippen LogP contribution >= 0.6 is 0 Å². The molecule has 4 aromatic rings. The molecular formula is C42H62Br2N2O2. The Morgan fingerprint density at radius 2 is 0.812 bits per heavy atom. The second-order valence-corrected chi connectivity index (χ2v) is 14.6. The van der Waals surface area contributed by atoms with Crippen molar-refractivity contribution in [1.29, 1.82) is 0 Å². The largest absolute Gasteiger partial charge is 1.00 e. The van der Waals surface area contributed by atoms with Gasteiger partial charge in [0, 0.05) is 24.0 Å². The van der Waals surface area contributed by atoms with E-state index in [2.05, 4.69) is 115 Å². The Morgan fingerprint density at radius 3 is 1.21 bits per heavy atom. The fourth-order valence-electron chi connectivity index (χ4n) is 6.77. The lowest BCUT2D eigenvalue weighted by atomic mass is 9.92. The molecule has 0 atom stereocenters. The molecule has 0 amide bonds. The summed E-state index contributed by atoms with van der Waals surface area (Å²) in [6.07, 6.45) is 12.6. The molecule has 0 heterocycles. The molecule has 266 valence electrons. The van der Waals surface area contributed by atoms with Crippen molar-refractivity contribution in [2.75, 3.05) is 67.6 Å². The van der Waals surface area contributed by atoms with Gasteiger partial charge in [-0.05, 0) is 59.4 Å². The van der Waals surface area contributed by atoms with E-state index in [4.69, 9.17) is 9.47 Å². The zero-order chi connectivity index (χ0) is 32.8. The Hall–Kier alpha value is -2.12. The van der Waals surface area contributed by atoms with Gasteiger partial charge in [0.2, 0.25) is 0 Å². The van der Waals surface area contributed by atoms with E-state index < -0.39 is 0 Å². The maximum atomic E-state index is 6.70. The number of fused-ring (bicyclic) bond motifs is 2. The molecule has 0 N–H and O–H groups in total. The second kappa shape index (κ2) is 21.2. The lowest BCUT2D eigenvalue weighted by Gasteiger charge is -2.30. The van der Waals surface area contributed by atoms with E-state index in [1.807, 2.05) is 0 Å². The molecule has 0 aliphatic carbocycles. The third kappa shape index (κ3) is 12.6. The van der Waals surface area contributed by atoms with Crippen molar-refractivity contribution in [2.45, 2.75) is 78.1 Å². The van der Waals surface area contributed by atoms with Crippen LogP contribution in [0, 0.1) is 0 Å². The SMILES string of the molecule is CCCCCC[N+](C)(C)CCCOc1ccc2ccccc2c1-c1c(OCCC[N+](C)(C)CCCCCC)ccc2ccccc12.[Br-].[Br-]. The number of rotatable bonds is 21. The number of hydrogen-bond donors (Lipinski definition) is 0. The van der Waals surface area contributed by atoms with Crippen molar-refractivity contribution in [2.24, 2.45) is 0 Å². The summed E-state index contributed by atoms with van der Waals surface area (Å²) in [6.45, 7) is 10.7. The van der Waals surface area contributed by atoms with Crippen LogP contribution in [0.2, 0.25) is 0 Å². The topological polar surface area (TPSA) is 18.5 Å². The van der Waals surface area contributed by atoms with Crippen molar-refractivity contribution in [3.8, 4) is 22.6 Å². The molecule has 4 nitrogen and oxygen atoms in total. The molecule has 4 rings (SSSR count). The lowest BCUT2D eigenvalue weighted by Crippen LogP contribution is -3.00. The minimum absolute atomic E-state index is 0. The predicted octanol–water partition coefficient (Wildman–Crippen LogP) is 4.52. The summed E-state index contributed by atoms with van der Waals surface area (Å²) in [5.41, 5.74) is 2.29. The molecule has 0 aliphatic heterocycles. The van der Waals surface area contributed by atoms with Crippen LogP contribution in [0.1, 0.15) is 78.1 Å². The Balaban J connectivity index is 0.00000400. The smallest absolute Gasteiger partial charge is 0.127 e. The van der Waals surface area contributed by atoms with E-state index in [0.29, 0.717) is 13.2 Å². The highest BCUT2D eigenvalue weighted by Gasteiger charge is 2.21. The number of nitrogens with zero attached hydrogens (tertiary/aromatic N) is 2. The predicted molar refractivity (Wildman–Crippen MR) is 199 cm³/mol. The monoisotopic (exact) mass is 784 g/mol. The maximum absolute atomic E-state index is 6.70. The van der Waals surface area contributed by atoms with Crippen LogP contribution in [0.5, 0.6) is 11.5 Å². The normalized spacial score (nSPS) is 11.7. The van der Waals surface area contributed by atoms with Crippen LogP contribution in [0.4, 0.5) is 0 Å². The van der Waals surface area contributed by atoms with Crippen LogP contribution in [0.25, 0.3) is 32.7 Å². The Morgan fingerprint density at radius 1 is 0.438 bits per heavy atom. The Bertz CT molecular complexity index is 1390. The molecule has 0 aliphatic rings. The van der Waals surface area contributed by atoms with Gasteiger partial charge in [0.15, 0.2) is 0 Å². The zero-order valence-electron chi connectivity index (χ0n) is 30.7. The number of halogens is 2. The summed E-state index contributed by atoms with van der Waals surface area (Å²) in [5.74, 6) is 1.89. The fourth-order valence-corrected chi connectivity index (χ4v) is 6.77. The van der Waals surface area contributed by atoms with Gasteiger partial charge < -0.3 is 52.4 Å². The van der Waals surface area contributed by atoms with E-state index >= 15 is 0 Å². The number of ether oxygens (including phenoxy) is 2. The van der Waals surface area contributed by atoms with Crippen molar-refractivity contribution in [3.05, 3.63) is 72.8 Å². The zero-order valence-corrected chi connectivity index (χ0v) is 33.9. The first-order chi connectivity index (χ1) is 22.2. The molecule has 0 fully saturated rings. The van der Waals surface area contributed by atoms with Crippen molar-refractivity contribution >= 4 is 21.5 Å². The van der Waals surface area contributed by atoms with Crippen LogP contribution < -0.4 is 43.4 Å². The van der Waals surface area contributed by atoms with E-state index in [-0.39, 0.29) is 34.0 Å². The third-order valence-corrected chi connectivity index (χ3v) is 9.60. The summed E-state index contributed by atoms with van der Waals surface area (Å²) in [4.78, 5) is 0. The van der Waals surface area contributed by atoms with E-state index in [1.165, 1.54) is 86.0 Å². The highest BCUT2D eigenvalue weighted by Crippen LogP contribution is 2.45. The second-order valence-electron chi connectivity index (χ2n) is 14.6. The average molecular weight is 787 g/mol. The van der Waals surface area contributed by atoms with Crippen LogP contribution in [-0.4, -0.2) is 76.5 Å². The van der Waals surface area contributed by atoms with E-state index in [9.17, 15) is 0 Å². The van der Waals surface area contributed by atoms with Gasteiger partial charge in [0.25, 0.3) is 0 Å². The van der Waals surface area contributed by atoms with Crippen molar-refractivity contribution in [3.63, 3.8) is 0 Å². The fraction of sp³-hybridized carbons (Fsp3) is 0.524. The van der Waals surface area contributed by atoms with Gasteiger partial charge in [-0.1, -0.05) is 100 Å². The van der Waals surface area contributed by atoms with E-state index in [0.717, 1.165) is 57.5 Å². The van der Waals surface area contributed by atoms with Crippen LogP contribution in [0.15, 0.2) is 72.8 Å². The van der Waals surface area contributed by atoms with Gasteiger partial charge in [0.05, 0.1) is 67.6 Å². The number of unbranched alkanes of at least 4 members (excludes halogenated alkanes) is 6. The molecule has 0 saturated carbocycles. The molecular weight excluding hydrogens is 724 g/mol. The molecule has 0 radical (unpaired) electrons. The summed E-state index contributed by atoms with van der Waals surface area (Å²) < 4.78 is 15.5. The summed E-state index contributed by atoms with van der Waals surface area (Å²) >= 11 is 0. The quantitative estimate of drug-likeness (QED) is 0.0915. The van der Waals surface area contributed by atoms with E-state index in [1.54, 1.807) is 0 Å². The lowest BCUT2D eigenvalue weighted by molar-refractivity contribution is -0.890. The molecule has 6 heteroatoms. The highest BCUT2D eigenvalue weighted by molar-refractivity contribution is 6.09. The Labute approximate surface area is 313 Å². The van der Waals surface area contributed by atoms with Crippen molar-refractivity contribution in [1.82, 2.24) is 0 Å². The number of benzene rings is 4. The Kier molecular flexibility index (Phi) is 18.6. The van der Waals surface area contributed by atoms with Gasteiger partial charge in [-0.15, -0.1) is 0 Å².